The molecule has 0 aliphatic heterocycles. The smallest absolute Gasteiger partial charge is 0.341 e. The Labute approximate surface area is 155 Å². The Morgan fingerprint density at radius 1 is 0.926 bits per heavy atom. The van der Waals surface area contributed by atoms with Crippen LogP contribution in [0.5, 0.6) is 0 Å². The number of carbonyl (C=O) groups is 3. The maximum absolute atomic E-state index is 12.4. The number of carbonyl (C=O) groups excluding carboxylic acids is 3. The van der Waals surface area contributed by atoms with E-state index in [4.69, 9.17) is 4.74 Å². The van der Waals surface area contributed by atoms with Crippen molar-refractivity contribution in [2.75, 3.05) is 0 Å². The molecule has 27 heavy (non-hydrogen) atoms. The Balaban J connectivity index is 1.60. The Morgan fingerprint density at radius 2 is 1.67 bits per heavy atom. The summed E-state index contributed by atoms with van der Waals surface area (Å²) in [5.74, 6) is -1.79. The van der Waals surface area contributed by atoms with Crippen LogP contribution < -0.4 is 10.9 Å². The zero-order valence-corrected chi connectivity index (χ0v) is 14.5. The van der Waals surface area contributed by atoms with Gasteiger partial charge in [0.2, 0.25) is 0 Å². The van der Waals surface area contributed by atoms with Gasteiger partial charge < -0.3 is 4.74 Å². The average Bonchev–Trinajstić information content (AvgIpc) is 2.71. The number of benzene rings is 2. The molecule has 0 fully saturated rings. The summed E-state index contributed by atoms with van der Waals surface area (Å²) >= 11 is 0. The van der Waals surface area contributed by atoms with Gasteiger partial charge in [-0.1, -0.05) is 36.4 Å². The Hall–Kier alpha value is -3.74. The number of pyridine rings is 1. The molecular formula is C20H17N3O4. The second kappa shape index (κ2) is 8.09. The summed E-state index contributed by atoms with van der Waals surface area (Å²) in [7, 11) is 0. The van der Waals surface area contributed by atoms with Crippen LogP contribution in [0.15, 0.2) is 66.9 Å². The fourth-order valence-corrected chi connectivity index (χ4v) is 2.43. The predicted molar refractivity (Wildman–Crippen MR) is 98.7 cm³/mol. The first-order valence-electron chi connectivity index (χ1n) is 8.26. The van der Waals surface area contributed by atoms with Crippen LogP contribution in [-0.4, -0.2) is 28.9 Å². The third kappa shape index (κ3) is 4.27. The zero-order valence-electron chi connectivity index (χ0n) is 14.5. The van der Waals surface area contributed by atoms with Gasteiger partial charge in [0.05, 0.1) is 11.1 Å². The molecule has 136 valence electrons. The van der Waals surface area contributed by atoms with Crippen molar-refractivity contribution in [2.45, 2.75) is 13.0 Å². The molecule has 1 atom stereocenters. The highest BCUT2D eigenvalue weighted by atomic mass is 16.5. The molecule has 0 saturated heterocycles. The zero-order chi connectivity index (χ0) is 19.2. The normalized spacial score (nSPS) is 11.4. The van der Waals surface area contributed by atoms with Gasteiger partial charge in [-0.15, -0.1) is 0 Å². The van der Waals surface area contributed by atoms with E-state index < -0.39 is 23.9 Å². The Bertz CT molecular complexity index is 983. The fourth-order valence-electron chi connectivity index (χ4n) is 2.43. The number of fused-ring (bicyclic) bond motifs is 1. The van der Waals surface area contributed by atoms with E-state index in [0.29, 0.717) is 11.1 Å². The topological polar surface area (TPSA) is 97.4 Å². The lowest BCUT2D eigenvalue weighted by Crippen LogP contribution is -2.46. The van der Waals surface area contributed by atoms with Gasteiger partial charge in [-0.2, -0.15) is 0 Å². The van der Waals surface area contributed by atoms with Gasteiger partial charge >= 0.3 is 5.97 Å². The number of hydrazine groups is 1. The van der Waals surface area contributed by atoms with E-state index in [9.17, 15) is 14.4 Å². The molecule has 1 aromatic heterocycles. The first-order chi connectivity index (χ1) is 13.1. The van der Waals surface area contributed by atoms with Crippen LogP contribution >= 0.6 is 0 Å². The highest BCUT2D eigenvalue weighted by Crippen LogP contribution is 2.17. The number of esters is 1. The van der Waals surface area contributed by atoms with Crippen LogP contribution in [0.25, 0.3) is 10.9 Å². The summed E-state index contributed by atoms with van der Waals surface area (Å²) in [4.78, 5) is 40.6. The average molecular weight is 363 g/mol. The van der Waals surface area contributed by atoms with Crippen molar-refractivity contribution >= 4 is 28.7 Å². The van der Waals surface area contributed by atoms with Crippen molar-refractivity contribution in [1.82, 2.24) is 15.8 Å². The monoisotopic (exact) mass is 363 g/mol. The third-order valence-electron chi connectivity index (χ3n) is 3.84. The van der Waals surface area contributed by atoms with Crippen LogP contribution in [0.4, 0.5) is 0 Å². The summed E-state index contributed by atoms with van der Waals surface area (Å²) in [6.07, 6.45) is 0.474. The molecule has 0 aliphatic carbocycles. The van der Waals surface area contributed by atoms with Gasteiger partial charge in [-0.05, 0) is 31.2 Å². The molecule has 2 N–H and O–H groups in total. The number of rotatable bonds is 4. The maximum Gasteiger partial charge on any atom is 0.341 e. The SMILES string of the molecule is C[C@H](OC(=O)c1cccc2cccnc12)C(=O)NNC(=O)c1ccccc1. The first-order valence-corrected chi connectivity index (χ1v) is 8.26. The molecule has 7 nitrogen and oxygen atoms in total. The number of hydrogen-bond acceptors (Lipinski definition) is 5. The third-order valence-corrected chi connectivity index (χ3v) is 3.84. The van der Waals surface area contributed by atoms with Crippen LogP contribution in [0.3, 0.4) is 0 Å². The number of aromatic nitrogens is 1. The lowest BCUT2D eigenvalue weighted by atomic mass is 10.1. The number of para-hydroxylation sites is 1. The quantitative estimate of drug-likeness (QED) is 0.547. The lowest BCUT2D eigenvalue weighted by Gasteiger charge is -2.14. The van der Waals surface area contributed by atoms with E-state index in [1.165, 1.54) is 6.92 Å². The molecule has 0 unspecified atom stereocenters. The van der Waals surface area contributed by atoms with Crippen molar-refractivity contribution in [3.8, 4) is 0 Å². The molecule has 0 spiro atoms. The van der Waals surface area contributed by atoms with Gasteiger partial charge in [-0.3, -0.25) is 25.4 Å². The van der Waals surface area contributed by atoms with Gasteiger partial charge in [-0.25, -0.2) is 4.79 Å². The van der Waals surface area contributed by atoms with E-state index in [0.717, 1.165) is 5.39 Å². The van der Waals surface area contributed by atoms with E-state index >= 15 is 0 Å². The maximum atomic E-state index is 12.4. The van der Waals surface area contributed by atoms with Crippen molar-refractivity contribution < 1.29 is 19.1 Å². The van der Waals surface area contributed by atoms with Crippen molar-refractivity contribution in [1.29, 1.82) is 0 Å². The van der Waals surface area contributed by atoms with Crippen LogP contribution in [0.2, 0.25) is 0 Å². The molecule has 7 heteroatoms. The van der Waals surface area contributed by atoms with Crippen molar-refractivity contribution in [2.24, 2.45) is 0 Å². The van der Waals surface area contributed by atoms with Gasteiger partial charge in [0.1, 0.15) is 0 Å². The van der Waals surface area contributed by atoms with Crippen LogP contribution in [0.1, 0.15) is 27.6 Å². The van der Waals surface area contributed by atoms with Gasteiger partial charge in [0, 0.05) is 17.1 Å². The van der Waals surface area contributed by atoms with E-state index in [2.05, 4.69) is 15.8 Å². The minimum atomic E-state index is -1.10. The number of nitrogens with one attached hydrogen (secondary N) is 2. The highest BCUT2D eigenvalue weighted by molar-refractivity contribution is 6.03. The molecule has 0 radical (unpaired) electrons. The lowest BCUT2D eigenvalue weighted by molar-refractivity contribution is -0.129. The molecular weight excluding hydrogens is 346 g/mol. The van der Waals surface area contributed by atoms with Gasteiger partial charge in [0.25, 0.3) is 11.8 Å². The molecule has 3 aromatic rings. The molecule has 3 rings (SSSR count). The van der Waals surface area contributed by atoms with Crippen LogP contribution in [0, 0.1) is 0 Å². The Kier molecular flexibility index (Phi) is 5.41. The second-order valence-electron chi connectivity index (χ2n) is 5.74. The number of nitrogens with zero attached hydrogens (tertiary/aromatic N) is 1. The van der Waals surface area contributed by atoms with E-state index in [1.54, 1.807) is 54.7 Å². The van der Waals surface area contributed by atoms with E-state index in [1.807, 2.05) is 12.1 Å². The first kappa shape index (κ1) is 18.1. The summed E-state index contributed by atoms with van der Waals surface area (Å²) in [6.45, 7) is 1.42. The minimum absolute atomic E-state index is 0.265. The molecule has 2 aromatic carbocycles. The summed E-state index contributed by atoms with van der Waals surface area (Å²) in [6, 6.07) is 17.1. The summed E-state index contributed by atoms with van der Waals surface area (Å²) in [5.41, 5.74) is 5.68. The largest absolute Gasteiger partial charge is 0.449 e. The Morgan fingerprint density at radius 3 is 2.44 bits per heavy atom. The standard InChI is InChI=1S/C20H17N3O4/c1-13(18(24)22-23-19(25)15-7-3-2-4-8-15)27-20(26)16-11-5-9-14-10-6-12-21-17(14)16/h2-13H,1H3,(H,22,24)(H,23,25)/t13-/m0/s1. The number of hydrogen-bond donors (Lipinski definition) is 2. The molecule has 1 heterocycles. The number of ether oxygens (including phenoxy) is 1. The fraction of sp³-hybridized carbons (Fsp3) is 0.100. The number of amides is 2. The van der Waals surface area contributed by atoms with Crippen molar-refractivity contribution in [3.05, 3.63) is 78.0 Å². The van der Waals surface area contributed by atoms with Gasteiger partial charge in [0.15, 0.2) is 6.10 Å². The van der Waals surface area contributed by atoms with Crippen LogP contribution in [-0.2, 0) is 9.53 Å². The van der Waals surface area contributed by atoms with Crippen molar-refractivity contribution in [3.63, 3.8) is 0 Å². The second-order valence-corrected chi connectivity index (χ2v) is 5.74. The molecule has 2 amide bonds. The highest BCUT2D eigenvalue weighted by Gasteiger charge is 2.21. The molecule has 0 saturated carbocycles. The summed E-state index contributed by atoms with van der Waals surface area (Å²) < 4.78 is 5.20. The predicted octanol–water partition coefficient (Wildman–Crippen LogP) is 2.24. The van der Waals surface area contributed by atoms with E-state index in [-0.39, 0.29) is 5.56 Å². The molecule has 0 aliphatic rings. The molecule has 0 bridgehead atoms. The summed E-state index contributed by atoms with van der Waals surface area (Å²) in [5, 5.41) is 0.791. The minimum Gasteiger partial charge on any atom is -0.449 e.